The van der Waals surface area contributed by atoms with Gasteiger partial charge in [-0.2, -0.15) is 5.26 Å². The number of likely N-dealkylation sites (tertiary alicyclic amines) is 1. The number of rotatable bonds is 5. The molecule has 32 heavy (non-hydrogen) atoms. The highest BCUT2D eigenvalue weighted by atomic mass is 16.2. The van der Waals surface area contributed by atoms with Gasteiger partial charge in [-0.05, 0) is 44.5 Å². The van der Waals surface area contributed by atoms with Gasteiger partial charge in [-0.3, -0.25) is 9.69 Å². The van der Waals surface area contributed by atoms with Crippen molar-refractivity contribution in [3.05, 3.63) is 65.3 Å². The first-order chi connectivity index (χ1) is 15.6. The smallest absolute Gasteiger partial charge is 0.240 e. The minimum atomic E-state index is -0.0861. The molecule has 2 saturated heterocycles. The third-order valence-electron chi connectivity index (χ3n) is 6.82. The number of benzene rings is 1. The Morgan fingerprint density at radius 3 is 2.75 bits per heavy atom. The van der Waals surface area contributed by atoms with E-state index in [1.807, 2.05) is 36.2 Å². The zero-order valence-electron chi connectivity index (χ0n) is 19.1. The van der Waals surface area contributed by atoms with Gasteiger partial charge in [-0.15, -0.1) is 0 Å². The first kappa shape index (κ1) is 22.3. The van der Waals surface area contributed by atoms with Crippen molar-refractivity contribution >= 4 is 11.6 Å². The number of nitriles is 1. The van der Waals surface area contributed by atoms with Gasteiger partial charge in [0.25, 0.3) is 0 Å². The van der Waals surface area contributed by atoms with Gasteiger partial charge in [-0.1, -0.05) is 42.0 Å². The van der Waals surface area contributed by atoms with E-state index < -0.39 is 0 Å². The first-order valence-electron chi connectivity index (χ1n) is 11.6. The maximum Gasteiger partial charge on any atom is 0.240 e. The second-order valence-corrected chi connectivity index (χ2v) is 8.96. The lowest BCUT2D eigenvalue weighted by Gasteiger charge is -2.38. The standard InChI is InChI=1S/C26H33N5O/c1-20-6-5-7-21(11-10-20)18-31-19-23(28-2)16-25(31)26(32)30-14-12-29(13-15-30)24-9-4-3-8-22(24)17-27/h3-9,11,23,25,28H,10,12-16,18-19H2,1-2H3. The highest BCUT2D eigenvalue weighted by Crippen LogP contribution is 2.25. The number of likely N-dealkylation sites (N-methyl/N-ethyl adjacent to an activating group) is 1. The Labute approximate surface area is 191 Å². The van der Waals surface area contributed by atoms with Crippen LogP contribution in [-0.2, 0) is 4.79 Å². The average Bonchev–Trinajstić information content (AvgIpc) is 3.13. The summed E-state index contributed by atoms with van der Waals surface area (Å²) < 4.78 is 0. The molecule has 2 fully saturated rings. The van der Waals surface area contributed by atoms with Gasteiger partial charge in [0.2, 0.25) is 5.91 Å². The Morgan fingerprint density at radius 2 is 2.00 bits per heavy atom. The van der Waals surface area contributed by atoms with Crippen LogP contribution in [0.2, 0.25) is 0 Å². The minimum Gasteiger partial charge on any atom is -0.367 e. The molecular formula is C26H33N5O. The lowest BCUT2D eigenvalue weighted by atomic mass is 10.1. The molecule has 1 aromatic carbocycles. The molecule has 6 heteroatoms. The molecule has 2 unspecified atom stereocenters. The largest absolute Gasteiger partial charge is 0.367 e. The number of nitrogens with zero attached hydrogens (tertiary/aromatic N) is 4. The number of nitrogens with one attached hydrogen (secondary N) is 1. The molecule has 1 N–H and O–H groups in total. The molecule has 2 heterocycles. The number of hydrogen-bond acceptors (Lipinski definition) is 5. The van der Waals surface area contributed by atoms with Crippen molar-refractivity contribution in [1.82, 2.24) is 15.1 Å². The summed E-state index contributed by atoms with van der Waals surface area (Å²) in [6.45, 7) is 6.74. The number of allylic oxidation sites excluding steroid dienone is 4. The predicted molar refractivity (Wildman–Crippen MR) is 128 cm³/mol. The molecule has 1 aromatic rings. The predicted octanol–water partition coefficient (Wildman–Crippen LogP) is 2.70. The van der Waals surface area contributed by atoms with Crippen LogP contribution in [0.25, 0.3) is 0 Å². The van der Waals surface area contributed by atoms with Crippen LogP contribution in [0.3, 0.4) is 0 Å². The summed E-state index contributed by atoms with van der Waals surface area (Å²) in [5.41, 5.74) is 4.30. The van der Waals surface area contributed by atoms with Crippen molar-refractivity contribution in [1.29, 1.82) is 5.26 Å². The molecule has 4 rings (SSSR count). The summed E-state index contributed by atoms with van der Waals surface area (Å²) >= 11 is 0. The van der Waals surface area contributed by atoms with Gasteiger partial charge < -0.3 is 15.1 Å². The van der Waals surface area contributed by atoms with Gasteiger partial charge in [-0.25, -0.2) is 0 Å². The second-order valence-electron chi connectivity index (χ2n) is 8.96. The van der Waals surface area contributed by atoms with Crippen molar-refractivity contribution in [3.8, 4) is 6.07 Å². The molecule has 0 bridgehead atoms. The molecule has 3 aliphatic rings. The van der Waals surface area contributed by atoms with E-state index in [0.717, 1.165) is 44.7 Å². The number of hydrogen-bond donors (Lipinski definition) is 1. The van der Waals surface area contributed by atoms with Crippen LogP contribution in [0, 0.1) is 11.3 Å². The van der Waals surface area contributed by atoms with Gasteiger partial charge in [0.1, 0.15) is 6.07 Å². The molecular weight excluding hydrogens is 398 g/mol. The van der Waals surface area contributed by atoms with E-state index >= 15 is 0 Å². The second kappa shape index (κ2) is 10.2. The summed E-state index contributed by atoms with van der Waals surface area (Å²) in [5.74, 6) is 0.239. The van der Waals surface area contributed by atoms with Crippen LogP contribution >= 0.6 is 0 Å². The monoisotopic (exact) mass is 431 g/mol. The van der Waals surface area contributed by atoms with Crippen LogP contribution in [0.1, 0.15) is 25.3 Å². The Hall–Kier alpha value is -2.88. The van der Waals surface area contributed by atoms with E-state index in [1.165, 1.54) is 11.1 Å². The maximum absolute atomic E-state index is 13.5. The Balaban J connectivity index is 1.40. The molecule has 0 aromatic heterocycles. The molecule has 2 aliphatic heterocycles. The van der Waals surface area contributed by atoms with E-state index in [9.17, 15) is 10.1 Å². The van der Waals surface area contributed by atoms with Gasteiger partial charge in [0.05, 0.1) is 17.3 Å². The molecule has 0 radical (unpaired) electrons. The molecule has 0 spiro atoms. The fraction of sp³-hybridized carbons (Fsp3) is 0.462. The third-order valence-corrected chi connectivity index (χ3v) is 6.82. The van der Waals surface area contributed by atoms with Gasteiger partial charge in [0.15, 0.2) is 0 Å². The molecule has 168 valence electrons. The fourth-order valence-electron chi connectivity index (χ4n) is 4.88. The van der Waals surface area contributed by atoms with E-state index in [4.69, 9.17) is 0 Å². The van der Waals surface area contributed by atoms with Crippen molar-refractivity contribution in [2.24, 2.45) is 0 Å². The molecule has 2 atom stereocenters. The summed E-state index contributed by atoms with van der Waals surface area (Å²) in [5, 5.41) is 12.8. The SMILES string of the molecule is CNC1CC(C(=O)N2CCN(c3ccccc3C#N)CC2)N(CC2=CCC(C)=CC=C2)C1. The van der Waals surface area contributed by atoms with Gasteiger partial charge >= 0.3 is 0 Å². The molecule has 1 amide bonds. The Morgan fingerprint density at radius 1 is 1.22 bits per heavy atom. The van der Waals surface area contributed by atoms with Crippen LogP contribution < -0.4 is 10.2 Å². The van der Waals surface area contributed by atoms with Crippen LogP contribution in [0.15, 0.2) is 59.7 Å². The molecule has 6 nitrogen and oxygen atoms in total. The van der Waals surface area contributed by atoms with Gasteiger partial charge in [0, 0.05) is 45.3 Å². The molecule has 1 aliphatic carbocycles. The average molecular weight is 432 g/mol. The topological polar surface area (TPSA) is 62.6 Å². The lowest BCUT2D eigenvalue weighted by molar-refractivity contribution is -0.136. The van der Waals surface area contributed by atoms with Crippen molar-refractivity contribution in [2.45, 2.75) is 31.8 Å². The fourth-order valence-corrected chi connectivity index (χ4v) is 4.88. The summed E-state index contributed by atoms with van der Waals surface area (Å²) in [6.07, 6.45) is 10.6. The Bertz CT molecular complexity index is 965. The summed E-state index contributed by atoms with van der Waals surface area (Å²) in [4.78, 5) is 20.1. The van der Waals surface area contributed by atoms with Crippen LogP contribution in [0.5, 0.6) is 0 Å². The van der Waals surface area contributed by atoms with E-state index in [0.29, 0.717) is 24.7 Å². The third kappa shape index (κ3) is 4.95. The van der Waals surface area contributed by atoms with Crippen LogP contribution in [-0.4, -0.2) is 74.1 Å². The van der Waals surface area contributed by atoms with Crippen molar-refractivity contribution in [3.63, 3.8) is 0 Å². The van der Waals surface area contributed by atoms with Crippen LogP contribution in [0.4, 0.5) is 5.69 Å². The van der Waals surface area contributed by atoms with E-state index in [1.54, 1.807) is 0 Å². The highest BCUT2D eigenvalue weighted by molar-refractivity contribution is 5.83. The Kier molecular flexibility index (Phi) is 7.09. The maximum atomic E-state index is 13.5. The number of piperazine rings is 1. The number of para-hydroxylation sites is 1. The quantitative estimate of drug-likeness (QED) is 0.777. The normalized spacial score (nSPS) is 24.0. The number of anilines is 1. The van der Waals surface area contributed by atoms with Crippen molar-refractivity contribution < 1.29 is 4.79 Å². The number of carbonyl (C=O) groups excluding carboxylic acids is 1. The van der Waals surface area contributed by atoms with Crippen molar-refractivity contribution in [2.75, 3.05) is 51.2 Å². The highest BCUT2D eigenvalue weighted by Gasteiger charge is 2.39. The van der Waals surface area contributed by atoms with E-state index in [2.05, 4.69) is 52.4 Å². The van der Waals surface area contributed by atoms with E-state index in [-0.39, 0.29) is 11.9 Å². The zero-order chi connectivity index (χ0) is 22.5. The zero-order valence-corrected chi connectivity index (χ0v) is 19.1. The summed E-state index contributed by atoms with van der Waals surface area (Å²) in [6, 6.07) is 10.2. The minimum absolute atomic E-state index is 0.0861. The number of amides is 1. The lowest BCUT2D eigenvalue weighted by Crippen LogP contribution is -2.54. The first-order valence-corrected chi connectivity index (χ1v) is 11.6. The molecule has 0 saturated carbocycles. The number of carbonyl (C=O) groups is 1. The summed E-state index contributed by atoms with van der Waals surface area (Å²) in [7, 11) is 1.99.